The van der Waals surface area contributed by atoms with E-state index in [1.807, 2.05) is 38.4 Å². The highest BCUT2D eigenvalue weighted by Gasteiger charge is 2.11. The lowest BCUT2D eigenvalue weighted by Gasteiger charge is -2.14. The Morgan fingerprint density at radius 2 is 1.58 bits per heavy atom. The molecule has 0 unspecified atom stereocenters. The zero-order valence-electron chi connectivity index (χ0n) is 14.2. The summed E-state index contributed by atoms with van der Waals surface area (Å²) in [6.45, 7) is 0. The SMILES string of the molecule is COc1cc2ncnc(Nc3ccc(N(C)C)cc3)c2cc1OC. The van der Waals surface area contributed by atoms with Gasteiger partial charge in [0.15, 0.2) is 11.5 Å². The number of fused-ring (bicyclic) bond motifs is 1. The van der Waals surface area contributed by atoms with Crippen molar-refractivity contribution in [3.63, 3.8) is 0 Å². The van der Waals surface area contributed by atoms with Crippen LogP contribution in [0, 0.1) is 0 Å². The molecule has 0 radical (unpaired) electrons. The van der Waals surface area contributed by atoms with Crippen LogP contribution in [0.2, 0.25) is 0 Å². The van der Waals surface area contributed by atoms with Gasteiger partial charge in [0, 0.05) is 36.9 Å². The summed E-state index contributed by atoms with van der Waals surface area (Å²) in [6, 6.07) is 11.9. The first kappa shape index (κ1) is 15.9. The van der Waals surface area contributed by atoms with Crippen LogP contribution < -0.4 is 19.7 Å². The smallest absolute Gasteiger partial charge is 0.162 e. The molecule has 1 N–H and O–H groups in total. The van der Waals surface area contributed by atoms with Gasteiger partial charge in [-0.1, -0.05) is 0 Å². The molecular weight excluding hydrogens is 304 g/mol. The van der Waals surface area contributed by atoms with E-state index in [0.717, 1.165) is 28.1 Å². The first-order valence-corrected chi connectivity index (χ1v) is 7.53. The molecule has 0 atom stereocenters. The number of nitrogens with zero attached hydrogens (tertiary/aromatic N) is 3. The quantitative estimate of drug-likeness (QED) is 0.775. The lowest BCUT2D eigenvalue weighted by Crippen LogP contribution is -2.08. The van der Waals surface area contributed by atoms with Crippen molar-refractivity contribution in [3.05, 3.63) is 42.7 Å². The molecule has 0 aliphatic carbocycles. The van der Waals surface area contributed by atoms with Crippen LogP contribution in [-0.2, 0) is 0 Å². The van der Waals surface area contributed by atoms with Crippen molar-refractivity contribution in [2.75, 3.05) is 38.5 Å². The molecule has 0 bridgehead atoms. The number of hydrogen-bond donors (Lipinski definition) is 1. The summed E-state index contributed by atoms with van der Waals surface area (Å²) in [5.41, 5.74) is 2.88. The molecule has 6 heteroatoms. The van der Waals surface area contributed by atoms with E-state index in [0.29, 0.717) is 11.5 Å². The maximum Gasteiger partial charge on any atom is 0.162 e. The number of ether oxygens (including phenoxy) is 2. The lowest BCUT2D eigenvalue weighted by molar-refractivity contribution is 0.356. The van der Waals surface area contributed by atoms with E-state index in [4.69, 9.17) is 9.47 Å². The monoisotopic (exact) mass is 324 g/mol. The Morgan fingerprint density at radius 3 is 2.21 bits per heavy atom. The fourth-order valence-electron chi connectivity index (χ4n) is 2.46. The molecule has 2 aromatic carbocycles. The van der Waals surface area contributed by atoms with E-state index in [-0.39, 0.29) is 0 Å². The Kier molecular flexibility index (Phi) is 4.37. The molecule has 0 amide bonds. The Bertz CT molecular complexity index is 848. The van der Waals surface area contributed by atoms with Crippen LogP contribution >= 0.6 is 0 Å². The highest BCUT2D eigenvalue weighted by Crippen LogP contribution is 2.34. The Morgan fingerprint density at radius 1 is 0.917 bits per heavy atom. The van der Waals surface area contributed by atoms with Gasteiger partial charge < -0.3 is 19.7 Å². The maximum atomic E-state index is 5.38. The molecule has 24 heavy (non-hydrogen) atoms. The summed E-state index contributed by atoms with van der Waals surface area (Å²) in [4.78, 5) is 10.7. The number of benzene rings is 2. The van der Waals surface area contributed by atoms with E-state index in [1.54, 1.807) is 14.2 Å². The number of methoxy groups -OCH3 is 2. The van der Waals surface area contributed by atoms with Gasteiger partial charge in [0.1, 0.15) is 12.1 Å². The zero-order chi connectivity index (χ0) is 17.1. The number of hydrogen-bond acceptors (Lipinski definition) is 6. The molecule has 0 saturated carbocycles. The second-order valence-electron chi connectivity index (χ2n) is 5.51. The van der Waals surface area contributed by atoms with Gasteiger partial charge in [-0.2, -0.15) is 0 Å². The van der Waals surface area contributed by atoms with Crippen LogP contribution in [0.3, 0.4) is 0 Å². The predicted octanol–water partition coefficient (Wildman–Crippen LogP) is 3.46. The molecule has 0 aliphatic rings. The molecule has 0 fully saturated rings. The summed E-state index contributed by atoms with van der Waals surface area (Å²) in [5.74, 6) is 2.01. The lowest BCUT2D eigenvalue weighted by atomic mass is 10.2. The molecule has 1 aromatic heterocycles. The molecule has 124 valence electrons. The third kappa shape index (κ3) is 3.03. The normalized spacial score (nSPS) is 10.5. The number of anilines is 3. The fraction of sp³-hybridized carbons (Fsp3) is 0.222. The fourth-order valence-corrected chi connectivity index (χ4v) is 2.46. The van der Waals surface area contributed by atoms with E-state index >= 15 is 0 Å². The van der Waals surface area contributed by atoms with E-state index in [9.17, 15) is 0 Å². The molecule has 0 aliphatic heterocycles. The van der Waals surface area contributed by atoms with Crippen molar-refractivity contribution in [3.8, 4) is 11.5 Å². The molecule has 0 saturated heterocycles. The van der Waals surface area contributed by atoms with Gasteiger partial charge in [0.05, 0.1) is 19.7 Å². The van der Waals surface area contributed by atoms with Crippen LogP contribution in [0.25, 0.3) is 10.9 Å². The van der Waals surface area contributed by atoms with Crippen molar-refractivity contribution in [2.45, 2.75) is 0 Å². The van der Waals surface area contributed by atoms with Crippen molar-refractivity contribution < 1.29 is 9.47 Å². The average Bonchev–Trinajstić information content (AvgIpc) is 2.61. The average molecular weight is 324 g/mol. The number of nitrogens with one attached hydrogen (secondary N) is 1. The number of aromatic nitrogens is 2. The van der Waals surface area contributed by atoms with E-state index < -0.39 is 0 Å². The third-order valence-corrected chi connectivity index (χ3v) is 3.79. The van der Waals surface area contributed by atoms with Gasteiger partial charge in [-0.25, -0.2) is 9.97 Å². The first-order valence-electron chi connectivity index (χ1n) is 7.53. The Balaban J connectivity index is 1.99. The summed E-state index contributed by atoms with van der Waals surface area (Å²) in [5, 5.41) is 4.20. The minimum absolute atomic E-state index is 0.644. The van der Waals surface area contributed by atoms with Gasteiger partial charge in [0.2, 0.25) is 0 Å². The maximum absolute atomic E-state index is 5.38. The summed E-state index contributed by atoms with van der Waals surface area (Å²) in [7, 11) is 7.25. The van der Waals surface area contributed by atoms with E-state index in [2.05, 4.69) is 32.3 Å². The zero-order valence-corrected chi connectivity index (χ0v) is 14.2. The second kappa shape index (κ2) is 6.62. The summed E-state index contributed by atoms with van der Waals surface area (Å²) >= 11 is 0. The van der Waals surface area contributed by atoms with Crippen LogP contribution in [0.5, 0.6) is 11.5 Å². The van der Waals surface area contributed by atoms with Crippen molar-refractivity contribution in [1.82, 2.24) is 9.97 Å². The van der Waals surface area contributed by atoms with Crippen molar-refractivity contribution in [2.24, 2.45) is 0 Å². The standard InChI is InChI=1S/C18H20N4O2/c1-22(2)13-7-5-12(6-8-13)21-18-14-9-16(23-3)17(24-4)10-15(14)19-11-20-18/h5-11H,1-4H3,(H,19,20,21). The van der Waals surface area contributed by atoms with Gasteiger partial charge in [0.25, 0.3) is 0 Å². The molecule has 3 aromatic rings. The largest absolute Gasteiger partial charge is 0.493 e. The van der Waals surface area contributed by atoms with Crippen LogP contribution in [-0.4, -0.2) is 38.3 Å². The van der Waals surface area contributed by atoms with Gasteiger partial charge in [-0.15, -0.1) is 0 Å². The minimum atomic E-state index is 0.644. The van der Waals surface area contributed by atoms with E-state index in [1.165, 1.54) is 6.33 Å². The predicted molar refractivity (Wildman–Crippen MR) is 96.7 cm³/mol. The third-order valence-electron chi connectivity index (χ3n) is 3.79. The highest BCUT2D eigenvalue weighted by atomic mass is 16.5. The molecule has 6 nitrogen and oxygen atoms in total. The molecule has 3 rings (SSSR count). The molecular formula is C18H20N4O2. The number of rotatable bonds is 5. The Labute approximate surface area is 141 Å². The van der Waals surface area contributed by atoms with Crippen LogP contribution in [0.15, 0.2) is 42.7 Å². The minimum Gasteiger partial charge on any atom is -0.493 e. The van der Waals surface area contributed by atoms with Crippen molar-refractivity contribution >= 4 is 28.1 Å². The molecule has 0 spiro atoms. The topological polar surface area (TPSA) is 59.5 Å². The summed E-state index contributed by atoms with van der Waals surface area (Å²) in [6.07, 6.45) is 1.53. The van der Waals surface area contributed by atoms with Crippen LogP contribution in [0.4, 0.5) is 17.2 Å². The first-order chi connectivity index (χ1) is 11.6. The van der Waals surface area contributed by atoms with Crippen molar-refractivity contribution in [1.29, 1.82) is 0 Å². The van der Waals surface area contributed by atoms with Crippen LogP contribution in [0.1, 0.15) is 0 Å². The Hall–Kier alpha value is -3.02. The van der Waals surface area contributed by atoms with Gasteiger partial charge in [-0.3, -0.25) is 0 Å². The second-order valence-corrected chi connectivity index (χ2v) is 5.51. The van der Waals surface area contributed by atoms with Gasteiger partial charge in [-0.05, 0) is 30.3 Å². The molecule has 1 heterocycles. The summed E-state index contributed by atoms with van der Waals surface area (Å²) < 4.78 is 10.7. The van der Waals surface area contributed by atoms with Gasteiger partial charge >= 0.3 is 0 Å². The highest BCUT2D eigenvalue weighted by molar-refractivity contribution is 5.93.